The number of esters is 1. The van der Waals surface area contributed by atoms with Crippen molar-refractivity contribution in [3.05, 3.63) is 17.8 Å². The molecule has 0 aliphatic heterocycles. The van der Waals surface area contributed by atoms with E-state index in [1.165, 1.54) is 13.5 Å². The standard InChI is InChI=1S/C15H25N3O2/c1-5-6-7-10-18(11(2)3)14-12(16)8-9-13(17-14)15(19)20-4/h8-9,11H,5-7,10,16H2,1-4H3. The Morgan fingerprint density at radius 1 is 1.40 bits per heavy atom. The van der Waals surface area contributed by atoms with Gasteiger partial charge in [-0.15, -0.1) is 0 Å². The highest BCUT2D eigenvalue weighted by atomic mass is 16.5. The third kappa shape index (κ3) is 4.11. The molecule has 0 amide bonds. The molecule has 0 aliphatic rings. The molecule has 5 heteroatoms. The Labute approximate surface area is 121 Å². The zero-order chi connectivity index (χ0) is 15.1. The van der Waals surface area contributed by atoms with Crippen LogP contribution >= 0.6 is 0 Å². The van der Waals surface area contributed by atoms with Crippen molar-refractivity contribution in [3.8, 4) is 0 Å². The summed E-state index contributed by atoms with van der Waals surface area (Å²) in [4.78, 5) is 18.1. The Balaban J connectivity index is 3.02. The average molecular weight is 279 g/mol. The van der Waals surface area contributed by atoms with Crippen LogP contribution in [0.2, 0.25) is 0 Å². The van der Waals surface area contributed by atoms with E-state index in [1.807, 2.05) is 0 Å². The van der Waals surface area contributed by atoms with Gasteiger partial charge in [0.15, 0.2) is 11.5 Å². The number of nitrogen functional groups attached to an aromatic ring is 1. The zero-order valence-electron chi connectivity index (χ0n) is 12.8. The number of aromatic nitrogens is 1. The number of ether oxygens (including phenoxy) is 1. The number of nitrogens with zero attached hydrogens (tertiary/aromatic N) is 2. The summed E-state index contributed by atoms with van der Waals surface area (Å²) in [6.45, 7) is 7.24. The van der Waals surface area contributed by atoms with Crippen LogP contribution in [0.4, 0.5) is 11.5 Å². The Kier molecular flexibility index (Phi) is 6.28. The minimum atomic E-state index is -0.441. The lowest BCUT2D eigenvalue weighted by Crippen LogP contribution is -2.33. The maximum atomic E-state index is 11.6. The average Bonchev–Trinajstić information content (AvgIpc) is 2.43. The topological polar surface area (TPSA) is 68.5 Å². The predicted octanol–water partition coefficient (Wildman–Crippen LogP) is 2.86. The van der Waals surface area contributed by atoms with Crippen molar-refractivity contribution in [3.63, 3.8) is 0 Å². The van der Waals surface area contributed by atoms with E-state index in [0.717, 1.165) is 19.4 Å². The quantitative estimate of drug-likeness (QED) is 0.614. The molecule has 1 aromatic rings. The van der Waals surface area contributed by atoms with Crippen LogP contribution in [0.25, 0.3) is 0 Å². The Morgan fingerprint density at radius 3 is 2.65 bits per heavy atom. The number of methoxy groups -OCH3 is 1. The lowest BCUT2D eigenvalue weighted by atomic mass is 10.2. The number of hydrogen-bond acceptors (Lipinski definition) is 5. The molecule has 0 aromatic carbocycles. The van der Waals surface area contributed by atoms with Crippen molar-refractivity contribution in [2.45, 2.75) is 46.1 Å². The summed E-state index contributed by atoms with van der Waals surface area (Å²) in [5, 5.41) is 0. The van der Waals surface area contributed by atoms with Gasteiger partial charge >= 0.3 is 5.97 Å². The summed E-state index contributed by atoms with van der Waals surface area (Å²) < 4.78 is 4.71. The van der Waals surface area contributed by atoms with Crippen molar-refractivity contribution in [1.29, 1.82) is 0 Å². The first-order valence-electron chi connectivity index (χ1n) is 7.12. The Morgan fingerprint density at radius 2 is 2.10 bits per heavy atom. The summed E-state index contributed by atoms with van der Waals surface area (Å²) >= 11 is 0. The maximum absolute atomic E-state index is 11.6. The fourth-order valence-corrected chi connectivity index (χ4v) is 2.05. The van der Waals surface area contributed by atoms with Gasteiger partial charge < -0.3 is 15.4 Å². The SMILES string of the molecule is CCCCCN(c1nc(C(=O)OC)ccc1N)C(C)C. The first kappa shape index (κ1) is 16.3. The van der Waals surface area contributed by atoms with Crippen LogP contribution in [-0.4, -0.2) is 30.6 Å². The summed E-state index contributed by atoms with van der Waals surface area (Å²) in [7, 11) is 1.35. The molecule has 20 heavy (non-hydrogen) atoms. The van der Waals surface area contributed by atoms with Crippen LogP contribution in [0.5, 0.6) is 0 Å². The van der Waals surface area contributed by atoms with E-state index in [1.54, 1.807) is 12.1 Å². The minimum Gasteiger partial charge on any atom is -0.464 e. The van der Waals surface area contributed by atoms with Crippen LogP contribution in [0.1, 0.15) is 50.5 Å². The number of nitrogens with two attached hydrogens (primary N) is 1. The number of unbranched alkanes of at least 4 members (excludes halogenated alkanes) is 2. The summed E-state index contributed by atoms with van der Waals surface area (Å²) in [6, 6.07) is 3.58. The van der Waals surface area contributed by atoms with E-state index in [2.05, 4.69) is 30.7 Å². The van der Waals surface area contributed by atoms with Gasteiger partial charge in [0.05, 0.1) is 12.8 Å². The first-order chi connectivity index (χ1) is 9.51. The van der Waals surface area contributed by atoms with Crippen molar-refractivity contribution >= 4 is 17.5 Å². The van der Waals surface area contributed by atoms with Crippen LogP contribution in [0.15, 0.2) is 12.1 Å². The van der Waals surface area contributed by atoms with Gasteiger partial charge in [-0.25, -0.2) is 9.78 Å². The highest BCUT2D eigenvalue weighted by Gasteiger charge is 2.17. The number of anilines is 2. The monoisotopic (exact) mass is 279 g/mol. The molecule has 0 spiro atoms. The molecule has 0 unspecified atom stereocenters. The molecule has 0 saturated carbocycles. The number of carbonyl (C=O) groups is 1. The number of pyridine rings is 1. The molecule has 2 N–H and O–H groups in total. The minimum absolute atomic E-state index is 0.273. The second-order valence-electron chi connectivity index (χ2n) is 5.10. The lowest BCUT2D eigenvalue weighted by molar-refractivity contribution is 0.0594. The lowest BCUT2D eigenvalue weighted by Gasteiger charge is -2.29. The third-order valence-corrected chi connectivity index (χ3v) is 3.20. The molecule has 112 valence electrons. The molecule has 1 heterocycles. The van der Waals surface area contributed by atoms with Crippen molar-refractivity contribution in [2.24, 2.45) is 0 Å². The Bertz CT molecular complexity index is 447. The van der Waals surface area contributed by atoms with Gasteiger partial charge in [-0.3, -0.25) is 0 Å². The van der Waals surface area contributed by atoms with Gasteiger partial charge in [0, 0.05) is 12.6 Å². The molecular weight excluding hydrogens is 254 g/mol. The van der Waals surface area contributed by atoms with Gasteiger partial charge in [0.2, 0.25) is 0 Å². The van der Waals surface area contributed by atoms with Crippen LogP contribution in [0.3, 0.4) is 0 Å². The number of hydrogen-bond donors (Lipinski definition) is 1. The van der Waals surface area contributed by atoms with Crippen LogP contribution in [-0.2, 0) is 4.74 Å². The number of carbonyl (C=O) groups excluding carboxylic acids is 1. The molecule has 5 nitrogen and oxygen atoms in total. The van der Waals surface area contributed by atoms with E-state index in [4.69, 9.17) is 10.5 Å². The molecule has 0 radical (unpaired) electrons. The van der Waals surface area contributed by atoms with Crippen molar-refractivity contribution in [2.75, 3.05) is 24.3 Å². The Hall–Kier alpha value is -1.78. The van der Waals surface area contributed by atoms with Gasteiger partial charge in [0.1, 0.15) is 0 Å². The number of rotatable bonds is 7. The van der Waals surface area contributed by atoms with E-state index in [9.17, 15) is 4.79 Å². The predicted molar refractivity (Wildman–Crippen MR) is 82.0 cm³/mol. The van der Waals surface area contributed by atoms with E-state index < -0.39 is 5.97 Å². The summed E-state index contributed by atoms with van der Waals surface area (Å²) in [6.07, 6.45) is 3.41. The second kappa shape index (κ2) is 7.72. The van der Waals surface area contributed by atoms with E-state index in [0.29, 0.717) is 11.5 Å². The molecule has 0 atom stereocenters. The first-order valence-corrected chi connectivity index (χ1v) is 7.12. The molecule has 1 aromatic heterocycles. The van der Waals surface area contributed by atoms with Gasteiger partial charge in [-0.2, -0.15) is 0 Å². The molecule has 0 bridgehead atoms. The largest absolute Gasteiger partial charge is 0.464 e. The molecule has 0 fully saturated rings. The molecule has 0 saturated heterocycles. The zero-order valence-corrected chi connectivity index (χ0v) is 12.8. The second-order valence-corrected chi connectivity index (χ2v) is 5.10. The van der Waals surface area contributed by atoms with Crippen molar-refractivity contribution in [1.82, 2.24) is 4.98 Å². The van der Waals surface area contributed by atoms with E-state index >= 15 is 0 Å². The molecular formula is C15H25N3O2. The fraction of sp³-hybridized carbons (Fsp3) is 0.600. The highest BCUT2D eigenvalue weighted by molar-refractivity contribution is 5.88. The fourth-order valence-electron chi connectivity index (χ4n) is 2.05. The summed E-state index contributed by atoms with van der Waals surface area (Å²) in [5.74, 6) is 0.225. The smallest absolute Gasteiger partial charge is 0.356 e. The van der Waals surface area contributed by atoms with E-state index in [-0.39, 0.29) is 11.7 Å². The van der Waals surface area contributed by atoms with Crippen LogP contribution in [0, 0.1) is 0 Å². The van der Waals surface area contributed by atoms with Gasteiger partial charge in [-0.1, -0.05) is 19.8 Å². The molecule has 0 aliphatic carbocycles. The third-order valence-electron chi connectivity index (χ3n) is 3.20. The van der Waals surface area contributed by atoms with Crippen molar-refractivity contribution < 1.29 is 9.53 Å². The molecule has 1 rings (SSSR count). The van der Waals surface area contributed by atoms with Gasteiger partial charge in [0.25, 0.3) is 0 Å². The highest BCUT2D eigenvalue weighted by Crippen LogP contribution is 2.23. The summed E-state index contributed by atoms with van der Waals surface area (Å²) in [5.41, 5.74) is 6.89. The maximum Gasteiger partial charge on any atom is 0.356 e. The van der Waals surface area contributed by atoms with Gasteiger partial charge in [-0.05, 0) is 32.4 Å². The van der Waals surface area contributed by atoms with Crippen LogP contribution < -0.4 is 10.6 Å². The normalized spacial score (nSPS) is 10.7.